The van der Waals surface area contributed by atoms with Crippen LogP contribution < -0.4 is 0 Å². The second kappa shape index (κ2) is 5.83. The third-order valence-electron chi connectivity index (χ3n) is 3.19. The Kier molecular flexibility index (Phi) is 4.14. The molecule has 0 saturated heterocycles. The van der Waals surface area contributed by atoms with E-state index < -0.39 is 0 Å². The molecule has 0 atom stereocenters. The van der Waals surface area contributed by atoms with E-state index in [4.69, 9.17) is 4.74 Å². The summed E-state index contributed by atoms with van der Waals surface area (Å²) in [6.07, 6.45) is 0. The van der Waals surface area contributed by atoms with Gasteiger partial charge in [0.1, 0.15) is 11.4 Å². The number of aryl methyl sites for hydroxylation is 1. The SMILES string of the molecule is COCc1ccc(Cn2nc(C)c([N+](=O)[O-])c2C)cc1. The van der Waals surface area contributed by atoms with Crippen molar-refractivity contribution in [3.8, 4) is 0 Å². The van der Waals surface area contributed by atoms with Crippen LogP contribution >= 0.6 is 0 Å². The van der Waals surface area contributed by atoms with Crippen molar-refractivity contribution in [2.75, 3.05) is 7.11 Å². The van der Waals surface area contributed by atoms with Gasteiger partial charge in [-0.15, -0.1) is 0 Å². The summed E-state index contributed by atoms with van der Waals surface area (Å²) in [4.78, 5) is 10.6. The number of benzene rings is 1. The second-order valence-electron chi connectivity index (χ2n) is 4.68. The van der Waals surface area contributed by atoms with E-state index in [2.05, 4.69) is 5.10 Å². The van der Waals surface area contributed by atoms with Gasteiger partial charge in [-0.25, -0.2) is 0 Å². The lowest BCUT2D eigenvalue weighted by Crippen LogP contribution is -2.04. The monoisotopic (exact) mass is 275 g/mol. The minimum Gasteiger partial charge on any atom is -0.380 e. The second-order valence-corrected chi connectivity index (χ2v) is 4.68. The van der Waals surface area contributed by atoms with Crippen molar-refractivity contribution >= 4 is 5.69 Å². The minimum absolute atomic E-state index is 0.0982. The molecule has 0 unspecified atom stereocenters. The zero-order chi connectivity index (χ0) is 14.7. The third kappa shape index (κ3) is 2.85. The van der Waals surface area contributed by atoms with Gasteiger partial charge in [0.15, 0.2) is 0 Å². The molecule has 0 radical (unpaired) electrons. The molecule has 0 spiro atoms. The Hall–Kier alpha value is -2.21. The summed E-state index contributed by atoms with van der Waals surface area (Å²) in [5.74, 6) is 0. The topological polar surface area (TPSA) is 70.2 Å². The van der Waals surface area contributed by atoms with E-state index in [0.29, 0.717) is 24.5 Å². The Morgan fingerprint density at radius 1 is 1.25 bits per heavy atom. The highest BCUT2D eigenvalue weighted by Crippen LogP contribution is 2.22. The van der Waals surface area contributed by atoms with Gasteiger partial charge in [-0.2, -0.15) is 5.10 Å². The summed E-state index contributed by atoms with van der Waals surface area (Å²) < 4.78 is 6.72. The zero-order valence-electron chi connectivity index (χ0n) is 11.8. The Balaban J connectivity index is 2.22. The predicted molar refractivity (Wildman–Crippen MR) is 74.6 cm³/mol. The number of nitrogens with zero attached hydrogens (tertiary/aromatic N) is 3. The molecule has 106 valence electrons. The van der Waals surface area contributed by atoms with Crippen LogP contribution in [0.15, 0.2) is 24.3 Å². The number of hydrogen-bond donors (Lipinski definition) is 0. The smallest absolute Gasteiger partial charge is 0.312 e. The molecule has 0 fully saturated rings. The fraction of sp³-hybridized carbons (Fsp3) is 0.357. The minimum atomic E-state index is -0.379. The molecule has 0 aliphatic rings. The van der Waals surface area contributed by atoms with Gasteiger partial charge >= 0.3 is 5.69 Å². The molecule has 0 amide bonds. The first-order chi connectivity index (χ1) is 9.52. The summed E-state index contributed by atoms with van der Waals surface area (Å²) in [6.45, 7) is 4.47. The zero-order valence-corrected chi connectivity index (χ0v) is 11.8. The van der Waals surface area contributed by atoms with Crippen molar-refractivity contribution in [2.24, 2.45) is 0 Å². The highest BCUT2D eigenvalue weighted by Gasteiger charge is 2.21. The van der Waals surface area contributed by atoms with Crippen molar-refractivity contribution in [2.45, 2.75) is 27.0 Å². The van der Waals surface area contributed by atoms with Crippen LogP contribution in [-0.2, 0) is 17.9 Å². The van der Waals surface area contributed by atoms with Gasteiger partial charge in [0.2, 0.25) is 0 Å². The summed E-state index contributed by atoms with van der Waals surface area (Å²) in [7, 11) is 1.66. The van der Waals surface area contributed by atoms with Crippen LogP contribution in [-0.4, -0.2) is 21.8 Å². The van der Waals surface area contributed by atoms with E-state index >= 15 is 0 Å². The summed E-state index contributed by atoms with van der Waals surface area (Å²) in [5, 5.41) is 15.2. The number of aromatic nitrogens is 2. The molecule has 1 aromatic carbocycles. The number of rotatable bonds is 5. The van der Waals surface area contributed by atoms with E-state index in [0.717, 1.165) is 11.1 Å². The van der Waals surface area contributed by atoms with Crippen molar-refractivity contribution in [3.05, 3.63) is 56.9 Å². The van der Waals surface area contributed by atoms with Crippen LogP contribution in [0.4, 0.5) is 5.69 Å². The summed E-state index contributed by atoms with van der Waals surface area (Å²) in [5.41, 5.74) is 3.26. The summed E-state index contributed by atoms with van der Waals surface area (Å²) in [6, 6.07) is 7.94. The molecule has 6 heteroatoms. The van der Waals surface area contributed by atoms with Crippen LogP contribution in [0.3, 0.4) is 0 Å². The van der Waals surface area contributed by atoms with E-state index in [-0.39, 0.29) is 10.6 Å². The Labute approximate surface area is 117 Å². The van der Waals surface area contributed by atoms with Crippen LogP contribution in [0.25, 0.3) is 0 Å². The first kappa shape index (κ1) is 14.2. The first-order valence-electron chi connectivity index (χ1n) is 6.28. The fourth-order valence-electron chi connectivity index (χ4n) is 2.19. The lowest BCUT2D eigenvalue weighted by molar-refractivity contribution is -0.386. The van der Waals surface area contributed by atoms with Crippen LogP contribution in [0, 0.1) is 24.0 Å². The lowest BCUT2D eigenvalue weighted by Gasteiger charge is -2.05. The van der Waals surface area contributed by atoms with E-state index in [1.807, 2.05) is 24.3 Å². The van der Waals surface area contributed by atoms with Gasteiger partial charge in [-0.05, 0) is 25.0 Å². The molecule has 0 N–H and O–H groups in total. The number of hydrogen-bond acceptors (Lipinski definition) is 4. The Bertz CT molecular complexity index is 617. The van der Waals surface area contributed by atoms with Gasteiger partial charge < -0.3 is 4.74 Å². The largest absolute Gasteiger partial charge is 0.380 e. The van der Waals surface area contributed by atoms with Gasteiger partial charge in [0.05, 0.1) is 18.1 Å². The van der Waals surface area contributed by atoms with E-state index in [9.17, 15) is 10.1 Å². The average molecular weight is 275 g/mol. The molecule has 2 aromatic rings. The Morgan fingerprint density at radius 2 is 1.85 bits per heavy atom. The van der Waals surface area contributed by atoms with E-state index in [1.54, 1.807) is 25.6 Å². The molecule has 1 heterocycles. The van der Waals surface area contributed by atoms with Crippen molar-refractivity contribution in [1.82, 2.24) is 9.78 Å². The number of methoxy groups -OCH3 is 1. The van der Waals surface area contributed by atoms with Gasteiger partial charge in [-0.1, -0.05) is 24.3 Å². The summed E-state index contributed by atoms with van der Waals surface area (Å²) >= 11 is 0. The van der Waals surface area contributed by atoms with E-state index in [1.165, 1.54) is 0 Å². The maximum atomic E-state index is 11.0. The molecule has 1 aromatic heterocycles. The van der Waals surface area contributed by atoms with Gasteiger partial charge in [-0.3, -0.25) is 14.8 Å². The lowest BCUT2D eigenvalue weighted by atomic mass is 10.1. The first-order valence-corrected chi connectivity index (χ1v) is 6.28. The fourth-order valence-corrected chi connectivity index (χ4v) is 2.19. The number of nitro groups is 1. The molecule has 0 aliphatic heterocycles. The molecule has 0 aliphatic carbocycles. The standard InChI is InChI=1S/C14H17N3O3/c1-10-14(17(18)19)11(2)16(15-10)8-12-4-6-13(7-5-12)9-20-3/h4-7H,8-9H2,1-3H3. The van der Waals surface area contributed by atoms with Crippen LogP contribution in [0.5, 0.6) is 0 Å². The van der Waals surface area contributed by atoms with Crippen molar-refractivity contribution < 1.29 is 9.66 Å². The highest BCUT2D eigenvalue weighted by atomic mass is 16.6. The molecule has 0 saturated carbocycles. The highest BCUT2D eigenvalue weighted by molar-refractivity contribution is 5.40. The van der Waals surface area contributed by atoms with Gasteiger partial charge in [0.25, 0.3) is 0 Å². The number of ether oxygens (including phenoxy) is 1. The molecule has 20 heavy (non-hydrogen) atoms. The molecular weight excluding hydrogens is 258 g/mol. The maximum Gasteiger partial charge on any atom is 0.312 e. The van der Waals surface area contributed by atoms with Crippen molar-refractivity contribution in [3.63, 3.8) is 0 Å². The van der Waals surface area contributed by atoms with Gasteiger partial charge in [0, 0.05) is 7.11 Å². The molecular formula is C14H17N3O3. The normalized spacial score (nSPS) is 10.8. The molecule has 6 nitrogen and oxygen atoms in total. The average Bonchev–Trinajstić information content (AvgIpc) is 2.67. The van der Waals surface area contributed by atoms with Crippen LogP contribution in [0.1, 0.15) is 22.5 Å². The van der Waals surface area contributed by atoms with Crippen LogP contribution in [0.2, 0.25) is 0 Å². The Morgan fingerprint density at radius 3 is 2.35 bits per heavy atom. The maximum absolute atomic E-state index is 11.0. The quantitative estimate of drug-likeness (QED) is 0.621. The van der Waals surface area contributed by atoms with Crippen molar-refractivity contribution in [1.29, 1.82) is 0 Å². The predicted octanol–water partition coefficient (Wildman–Crippen LogP) is 2.60. The third-order valence-corrected chi connectivity index (χ3v) is 3.19. The molecule has 2 rings (SSSR count). The molecule has 0 bridgehead atoms.